The number of aromatic nitrogens is 3. The summed E-state index contributed by atoms with van der Waals surface area (Å²) in [7, 11) is 0. The number of benzene rings is 7. The molecule has 0 N–H and O–H groups in total. The molecule has 0 saturated carbocycles. The van der Waals surface area contributed by atoms with Gasteiger partial charge in [0.15, 0.2) is 11.6 Å². The van der Waals surface area contributed by atoms with Gasteiger partial charge in [-0.15, -0.1) is 0 Å². The Bertz CT molecular complexity index is 2570. The molecule has 46 heavy (non-hydrogen) atoms. The van der Waals surface area contributed by atoms with Gasteiger partial charge in [0.1, 0.15) is 17.0 Å². The van der Waals surface area contributed by atoms with Crippen LogP contribution in [0.3, 0.4) is 0 Å². The maximum Gasteiger partial charge on any atom is 0.163 e. The highest BCUT2D eigenvalue weighted by Crippen LogP contribution is 2.36. The molecule has 0 bridgehead atoms. The van der Waals surface area contributed by atoms with Crippen LogP contribution in [0.2, 0.25) is 0 Å². The molecule has 9 aromatic rings. The lowest BCUT2D eigenvalue weighted by atomic mass is 9.98. The van der Waals surface area contributed by atoms with Crippen molar-refractivity contribution in [1.29, 1.82) is 0 Å². The first-order chi connectivity index (χ1) is 22.7. The second kappa shape index (κ2) is 10.8. The smallest absolute Gasteiger partial charge is 0.163 e. The van der Waals surface area contributed by atoms with Gasteiger partial charge in [0.2, 0.25) is 0 Å². The van der Waals surface area contributed by atoms with Crippen molar-refractivity contribution < 1.29 is 4.42 Å². The van der Waals surface area contributed by atoms with E-state index in [0.717, 1.165) is 49.6 Å². The summed E-state index contributed by atoms with van der Waals surface area (Å²) in [6.45, 7) is 0. The van der Waals surface area contributed by atoms with Crippen LogP contribution in [-0.2, 0) is 6.42 Å². The van der Waals surface area contributed by atoms with Gasteiger partial charge in [-0.2, -0.15) is 0 Å². The van der Waals surface area contributed by atoms with Crippen LogP contribution in [0.25, 0.3) is 77.4 Å². The highest BCUT2D eigenvalue weighted by molar-refractivity contribution is 6.08. The average Bonchev–Trinajstić information content (AvgIpc) is 3.50. The van der Waals surface area contributed by atoms with Gasteiger partial charge in [0, 0.05) is 28.3 Å². The molecule has 9 rings (SSSR count). The van der Waals surface area contributed by atoms with Crippen LogP contribution in [0.1, 0.15) is 11.4 Å². The van der Waals surface area contributed by atoms with E-state index >= 15 is 0 Å². The molecule has 2 aromatic heterocycles. The Hall–Kier alpha value is -6.13. The van der Waals surface area contributed by atoms with Gasteiger partial charge >= 0.3 is 0 Å². The van der Waals surface area contributed by atoms with Crippen molar-refractivity contribution in [2.45, 2.75) is 6.42 Å². The summed E-state index contributed by atoms with van der Waals surface area (Å²) in [5.41, 5.74) is 7.09. The van der Waals surface area contributed by atoms with Gasteiger partial charge in [-0.1, -0.05) is 121 Å². The average molecular weight is 590 g/mol. The lowest BCUT2D eigenvalue weighted by molar-refractivity contribution is 0.668. The van der Waals surface area contributed by atoms with Gasteiger partial charge in [-0.25, -0.2) is 15.0 Å². The fourth-order valence-corrected chi connectivity index (χ4v) is 6.44. The van der Waals surface area contributed by atoms with E-state index in [0.29, 0.717) is 23.9 Å². The van der Waals surface area contributed by atoms with Crippen LogP contribution < -0.4 is 0 Å². The van der Waals surface area contributed by atoms with Crippen LogP contribution in [0, 0.1) is 0 Å². The molecular formula is C42H27N3O. The van der Waals surface area contributed by atoms with Crippen molar-refractivity contribution in [1.82, 2.24) is 15.0 Å². The number of rotatable bonds is 5. The van der Waals surface area contributed by atoms with E-state index in [1.165, 1.54) is 21.7 Å². The Balaban J connectivity index is 1.18. The summed E-state index contributed by atoms with van der Waals surface area (Å²) >= 11 is 0. The minimum atomic E-state index is 0.537. The second-order valence-corrected chi connectivity index (χ2v) is 11.7. The number of nitrogens with zero attached hydrogens (tertiary/aromatic N) is 3. The molecule has 7 aromatic carbocycles. The molecule has 0 aliphatic rings. The van der Waals surface area contributed by atoms with E-state index in [9.17, 15) is 0 Å². The van der Waals surface area contributed by atoms with E-state index < -0.39 is 0 Å². The fraction of sp³-hybridized carbons (Fsp3) is 0.0238. The molecule has 0 atom stereocenters. The first-order valence-electron chi connectivity index (χ1n) is 15.5. The van der Waals surface area contributed by atoms with Crippen molar-refractivity contribution in [3.8, 4) is 33.9 Å². The third kappa shape index (κ3) is 4.68. The summed E-state index contributed by atoms with van der Waals surface area (Å²) in [6, 6.07) is 52.7. The summed E-state index contributed by atoms with van der Waals surface area (Å²) in [5.74, 6) is 2.04. The monoisotopic (exact) mass is 589 g/mol. The number of hydrogen-bond acceptors (Lipinski definition) is 4. The lowest BCUT2D eigenvalue weighted by Gasteiger charge is -2.10. The molecule has 0 unspecified atom stereocenters. The fourth-order valence-electron chi connectivity index (χ4n) is 6.44. The zero-order valence-corrected chi connectivity index (χ0v) is 24.9. The van der Waals surface area contributed by atoms with Gasteiger partial charge in [-0.3, -0.25) is 0 Å². The van der Waals surface area contributed by atoms with E-state index in [1.54, 1.807) is 0 Å². The molecule has 2 heterocycles. The topological polar surface area (TPSA) is 51.8 Å². The molecule has 216 valence electrons. The molecule has 0 spiro atoms. The minimum Gasteiger partial charge on any atom is -0.456 e. The predicted molar refractivity (Wildman–Crippen MR) is 188 cm³/mol. The number of hydrogen-bond donors (Lipinski definition) is 0. The maximum atomic E-state index is 6.37. The van der Waals surface area contributed by atoms with Crippen LogP contribution >= 0.6 is 0 Å². The maximum absolute atomic E-state index is 6.37. The molecule has 0 radical (unpaired) electrons. The van der Waals surface area contributed by atoms with E-state index in [-0.39, 0.29) is 0 Å². The molecular weight excluding hydrogens is 562 g/mol. The summed E-state index contributed by atoms with van der Waals surface area (Å²) in [4.78, 5) is 15.0. The first kappa shape index (κ1) is 26.3. The summed E-state index contributed by atoms with van der Waals surface area (Å²) in [6.07, 6.45) is 0.537. The third-order valence-corrected chi connectivity index (χ3v) is 8.73. The Morgan fingerprint density at radius 2 is 1.02 bits per heavy atom. The molecule has 0 aliphatic carbocycles. The highest BCUT2D eigenvalue weighted by atomic mass is 16.3. The molecule has 4 heteroatoms. The SMILES string of the molecule is c1ccc(-c2nc(Cc3cccc4oc5ccc(-c6ccc7ccccc7c6)cc5c34)nc(-c3ccc4ccccc4c3)n2)cc1. The predicted octanol–water partition coefficient (Wildman–Crippen LogP) is 10.7. The zero-order chi connectivity index (χ0) is 30.5. The number of fused-ring (bicyclic) bond motifs is 5. The lowest BCUT2D eigenvalue weighted by Crippen LogP contribution is -2.04. The van der Waals surface area contributed by atoms with Crippen LogP contribution in [0.15, 0.2) is 156 Å². The zero-order valence-electron chi connectivity index (χ0n) is 24.9. The van der Waals surface area contributed by atoms with Crippen LogP contribution in [0.4, 0.5) is 0 Å². The number of furan rings is 1. The van der Waals surface area contributed by atoms with Gasteiger partial charge < -0.3 is 4.42 Å². The standard InChI is InChI=1S/C42H27N3O/c1-2-11-29(12-3-1)41-43-39(44-42(45-41)35-20-18-28-10-5-7-14-31(28)24-35)26-34-15-8-16-38-40(34)36-25-33(21-22-37(36)46-38)32-19-17-27-9-4-6-13-30(27)23-32/h1-25H,26H2. The quantitative estimate of drug-likeness (QED) is 0.200. The van der Waals surface area contributed by atoms with Crippen LogP contribution in [-0.4, -0.2) is 15.0 Å². The molecule has 0 aliphatic heterocycles. The molecule has 0 fully saturated rings. The Morgan fingerprint density at radius 1 is 0.413 bits per heavy atom. The normalized spacial score (nSPS) is 11.6. The summed E-state index contributed by atoms with van der Waals surface area (Å²) in [5, 5.41) is 6.98. The van der Waals surface area contributed by atoms with Crippen LogP contribution in [0.5, 0.6) is 0 Å². The Kier molecular flexibility index (Phi) is 6.17. The molecule has 0 amide bonds. The molecule has 4 nitrogen and oxygen atoms in total. The van der Waals surface area contributed by atoms with Gasteiger partial charge in [0.25, 0.3) is 0 Å². The van der Waals surface area contributed by atoms with Crippen molar-refractivity contribution >= 4 is 43.5 Å². The largest absolute Gasteiger partial charge is 0.456 e. The summed E-state index contributed by atoms with van der Waals surface area (Å²) < 4.78 is 6.37. The Morgan fingerprint density at radius 3 is 1.78 bits per heavy atom. The molecule has 0 saturated heterocycles. The van der Waals surface area contributed by atoms with Crippen molar-refractivity contribution in [2.24, 2.45) is 0 Å². The highest BCUT2D eigenvalue weighted by Gasteiger charge is 2.16. The van der Waals surface area contributed by atoms with E-state index in [2.05, 4.69) is 109 Å². The van der Waals surface area contributed by atoms with Crippen molar-refractivity contribution in [3.63, 3.8) is 0 Å². The van der Waals surface area contributed by atoms with E-state index in [1.807, 2.05) is 42.5 Å². The minimum absolute atomic E-state index is 0.537. The van der Waals surface area contributed by atoms with Crippen molar-refractivity contribution in [3.05, 3.63) is 163 Å². The third-order valence-electron chi connectivity index (χ3n) is 8.73. The van der Waals surface area contributed by atoms with Crippen molar-refractivity contribution in [2.75, 3.05) is 0 Å². The van der Waals surface area contributed by atoms with Gasteiger partial charge in [-0.05, 0) is 68.6 Å². The van der Waals surface area contributed by atoms with E-state index in [4.69, 9.17) is 19.4 Å². The van der Waals surface area contributed by atoms with Gasteiger partial charge in [0.05, 0.1) is 0 Å². The first-order valence-corrected chi connectivity index (χ1v) is 15.5. The Labute approximate surface area is 265 Å². The second-order valence-electron chi connectivity index (χ2n) is 11.7.